The van der Waals surface area contributed by atoms with Crippen LogP contribution in [-0.4, -0.2) is 23.5 Å². The SMILES string of the molecule is Cc1ccc(OC(C)C(=O)N(CCC#N)Cc2ccco2)cc1. The van der Waals surface area contributed by atoms with Crippen LogP contribution in [0.1, 0.15) is 24.7 Å². The van der Waals surface area contributed by atoms with Crippen molar-refractivity contribution in [1.82, 2.24) is 4.90 Å². The predicted octanol–water partition coefficient (Wildman–Crippen LogP) is 3.30. The van der Waals surface area contributed by atoms with E-state index in [4.69, 9.17) is 14.4 Å². The summed E-state index contributed by atoms with van der Waals surface area (Å²) in [6, 6.07) is 13.2. The van der Waals surface area contributed by atoms with Gasteiger partial charge in [-0.2, -0.15) is 5.26 Å². The lowest BCUT2D eigenvalue weighted by Gasteiger charge is -2.24. The van der Waals surface area contributed by atoms with Crippen LogP contribution in [0.15, 0.2) is 47.1 Å². The molecule has 0 aliphatic heterocycles. The number of benzene rings is 1. The number of carbonyl (C=O) groups excluding carboxylic acids is 1. The largest absolute Gasteiger partial charge is 0.481 e. The first kappa shape index (κ1) is 16.6. The molecule has 1 amide bonds. The normalized spacial score (nSPS) is 11.5. The topological polar surface area (TPSA) is 66.5 Å². The van der Waals surface area contributed by atoms with Gasteiger partial charge in [-0.15, -0.1) is 0 Å². The third kappa shape index (κ3) is 4.89. The highest BCUT2D eigenvalue weighted by Gasteiger charge is 2.22. The quantitative estimate of drug-likeness (QED) is 0.786. The zero-order valence-corrected chi connectivity index (χ0v) is 13.4. The van der Waals surface area contributed by atoms with Gasteiger partial charge in [-0.05, 0) is 38.1 Å². The monoisotopic (exact) mass is 312 g/mol. The summed E-state index contributed by atoms with van der Waals surface area (Å²) in [6.07, 6.45) is 1.20. The van der Waals surface area contributed by atoms with E-state index >= 15 is 0 Å². The number of aryl methyl sites for hydroxylation is 1. The molecule has 5 heteroatoms. The van der Waals surface area contributed by atoms with E-state index in [1.54, 1.807) is 30.2 Å². The van der Waals surface area contributed by atoms with Crippen molar-refractivity contribution < 1.29 is 13.9 Å². The van der Waals surface area contributed by atoms with Gasteiger partial charge >= 0.3 is 0 Å². The van der Waals surface area contributed by atoms with E-state index in [2.05, 4.69) is 6.07 Å². The molecule has 0 radical (unpaired) electrons. The average Bonchev–Trinajstić information content (AvgIpc) is 3.06. The molecule has 1 atom stereocenters. The molecule has 2 aromatic rings. The number of nitriles is 1. The number of hydrogen-bond donors (Lipinski definition) is 0. The highest BCUT2D eigenvalue weighted by atomic mass is 16.5. The molecular weight excluding hydrogens is 292 g/mol. The summed E-state index contributed by atoms with van der Waals surface area (Å²) in [4.78, 5) is 14.2. The summed E-state index contributed by atoms with van der Waals surface area (Å²) in [6.45, 7) is 4.38. The Hall–Kier alpha value is -2.74. The maximum Gasteiger partial charge on any atom is 0.263 e. The van der Waals surface area contributed by atoms with Crippen molar-refractivity contribution in [3.05, 3.63) is 54.0 Å². The van der Waals surface area contributed by atoms with Crippen molar-refractivity contribution in [2.75, 3.05) is 6.54 Å². The minimum atomic E-state index is -0.633. The molecule has 0 N–H and O–H groups in total. The Morgan fingerprint density at radius 2 is 2.09 bits per heavy atom. The van der Waals surface area contributed by atoms with Gasteiger partial charge in [0, 0.05) is 6.54 Å². The van der Waals surface area contributed by atoms with Gasteiger partial charge in [-0.1, -0.05) is 17.7 Å². The summed E-state index contributed by atoms with van der Waals surface area (Å²) in [5.41, 5.74) is 1.13. The number of hydrogen-bond acceptors (Lipinski definition) is 4. The number of amides is 1. The lowest BCUT2D eigenvalue weighted by molar-refractivity contribution is -0.138. The summed E-state index contributed by atoms with van der Waals surface area (Å²) >= 11 is 0. The van der Waals surface area contributed by atoms with Gasteiger partial charge in [-0.3, -0.25) is 4.79 Å². The van der Waals surface area contributed by atoms with Gasteiger partial charge in [0.2, 0.25) is 0 Å². The Bertz CT molecular complexity index is 657. The van der Waals surface area contributed by atoms with E-state index < -0.39 is 6.10 Å². The van der Waals surface area contributed by atoms with Crippen molar-refractivity contribution in [2.45, 2.75) is 32.9 Å². The lowest BCUT2D eigenvalue weighted by Crippen LogP contribution is -2.40. The summed E-state index contributed by atoms with van der Waals surface area (Å²) < 4.78 is 11.0. The summed E-state index contributed by atoms with van der Waals surface area (Å²) in [5, 5.41) is 8.78. The molecule has 0 saturated heterocycles. The van der Waals surface area contributed by atoms with Crippen molar-refractivity contribution in [3.63, 3.8) is 0 Å². The first-order valence-corrected chi connectivity index (χ1v) is 7.51. The number of ether oxygens (including phenoxy) is 1. The van der Waals surface area contributed by atoms with Crippen molar-refractivity contribution in [3.8, 4) is 11.8 Å². The molecule has 0 bridgehead atoms. The molecule has 0 spiro atoms. The fourth-order valence-electron chi connectivity index (χ4n) is 2.17. The van der Waals surface area contributed by atoms with Crippen LogP contribution in [0.25, 0.3) is 0 Å². The standard InChI is InChI=1S/C18H20N2O3/c1-14-6-8-16(9-7-14)23-15(2)18(21)20(11-4-10-19)13-17-5-3-12-22-17/h3,5-9,12,15H,4,11,13H2,1-2H3. The van der Waals surface area contributed by atoms with Crippen LogP contribution in [0, 0.1) is 18.3 Å². The van der Waals surface area contributed by atoms with Gasteiger partial charge in [0.15, 0.2) is 6.10 Å². The molecule has 1 aromatic carbocycles. The maximum atomic E-state index is 12.6. The smallest absolute Gasteiger partial charge is 0.263 e. The van der Waals surface area contributed by atoms with E-state index in [1.807, 2.05) is 31.2 Å². The Balaban J connectivity index is 2.02. The van der Waals surface area contributed by atoms with Gasteiger partial charge in [-0.25, -0.2) is 0 Å². The molecule has 0 aliphatic rings. The molecular formula is C18H20N2O3. The molecule has 5 nitrogen and oxygen atoms in total. The van der Waals surface area contributed by atoms with Gasteiger partial charge < -0.3 is 14.1 Å². The Morgan fingerprint density at radius 3 is 2.70 bits per heavy atom. The zero-order chi connectivity index (χ0) is 16.7. The summed E-state index contributed by atoms with van der Waals surface area (Å²) in [5.74, 6) is 1.16. The Labute approximate surface area is 136 Å². The van der Waals surface area contributed by atoms with Crippen molar-refractivity contribution in [2.24, 2.45) is 0 Å². The Morgan fingerprint density at radius 1 is 1.35 bits per heavy atom. The first-order valence-electron chi connectivity index (χ1n) is 7.51. The second-order valence-electron chi connectivity index (χ2n) is 5.32. The molecule has 23 heavy (non-hydrogen) atoms. The van der Waals surface area contributed by atoms with Gasteiger partial charge in [0.1, 0.15) is 11.5 Å². The van der Waals surface area contributed by atoms with Crippen LogP contribution in [0.3, 0.4) is 0 Å². The molecule has 0 aliphatic carbocycles. The fourth-order valence-corrected chi connectivity index (χ4v) is 2.17. The number of carbonyl (C=O) groups is 1. The Kier molecular flexibility index (Phi) is 5.81. The molecule has 1 heterocycles. The van der Waals surface area contributed by atoms with Gasteiger partial charge in [0.25, 0.3) is 5.91 Å². The van der Waals surface area contributed by atoms with Crippen LogP contribution >= 0.6 is 0 Å². The maximum absolute atomic E-state index is 12.6. The average molecular weight is 312 g/mol. The molecule has 120 valence electrons. The van der Waals surface area contributed by atoms with Crippen LogP contribution in [0.5, 0.6) is 5.75 Å². The third-order valence-corrected chi connectivity index (χ3v) is 3.41. The first-order chi connectivity index (χ1) is 11.1. The van der Waals surface area contributed by atoms with Crippen LogP contribution in [0.2, 0.25) is 0 Å². The fraction of sp³-hybridized carbons (Fsp3) is 0.333. The highest BCUT2D eigenvalue weighted by molar-refractivity contribution is 5.80. The molecule has 2 rings (SSSR count). The zero-order valence-electron chi connectivity index (χ0n) is 13.4. The van der Waals surface area contributed by atoms with Gasteiger partial charge in [0.05, 0.1) is 25.3 Å². The molecule has 0 fully saturated rings. The van der Waals surface area contributed by atoms with E-state index in [0.29, 0.717) is 24.6 Å². The predicted molar refractivity (Wildman–Crippen MR) is 85.6 cm³/mol. The molecule has 1 aromatic heterocycles. The van der Waals surface area contributed by atoms with E-state index in [0.717, 1.165) is 5.56 Å². The van der Waals surface area contributed by atoms with E-state index in [-0.39, 0.29) is 12.3 Å². The highest BCUT2D eigenvalue weighted by Crippen LogP contribution is 2.15. The van der Waals surface area contributed by atoms with Crippen LogP contribution < -0.4 is 4.74 Å². The third-order valence-electron chi connectivity index (χ3n) is 3.41. The summed E-state index contributed by atoms with van der Waals surface area (Å²) in [7, 11) is 0. The van der Waals surface area contributed by atoms with E-state index in [9.17, 15) is 4.79 Å². The minimum Gasteiger partial charge on any atom is -0.481 e. The second-order valence-corrected chi connectivity index (χ2v) is 5.32. The number of nitrogens with zero attached hydrogens (tertiary/aromatic N) is 2. The van der Waals surface area contributed by atoms with E-state index in [1.165, 1.54) is 0 Å². The van der Waals surface area contributed by atoms with Crippen molar-refractivity contribution in [1.29, 1.82) is 5.26 Å². The van der Waals surface area contributed by atoms with Crippen molar-refractivity contribution >= 4 is 5.91 Å². The lowest BCUT2D eigenvalue weighted by atomic mass is 10.2. The minimum absolute atomic E-state index is 0.169. The molecule has 1 unspecified atom stereocenters. The van der Waals surface area contributed by atoms with Crippen LogP contribution in [-0.2, 0) is 11.3 Å². The number of rotatable bonds is 7. The second kappa shape index (κ2) is 8.04. The number of furan rings is 1. The molecule has 0 saturated carbocycles. The van der Waals surface area contributed by atoms with Crippen LogP contribution in [0.4, 0.5) is 0 Å².